The summed E-state index contributed by atoms with van der Waals surface area (Å²) in [7, 11) is 0. The number of rotatable bonds is 9. The van der Waals surface area contributed by atoms with Crippen molar-refractivity contribution >= 4 is 11.7 Å². The van der Waals surface area contributed by atoms with E-state index < -0.39 is 12.1 Å². The van der Waals surface area contributed by atoms with E-state index in [4.69, 9.17) is 0 Å². The van der Waals surface area contributed by atoms with E-state index in [9.17, 15) is 14.7 Å². The number of benzene rings is 1. The van der Waals surface area contributed by atoms with Crippen molar-refractivity contribution in [1.82, 2.24) is 15.3 Å². The number of aliphatic hydroxyl groups is 1. The van der Waals surface area contributed by atoms with Crippen LogP contribution in [0, 0.1) is 11.8 Å². The Balaban J connectivity index is 2.10. The van der Waals surface area contributed by atoms with Crippen molar-refractivity contribution < 1.29 is 14.7 Å². The molecule has 0 bridgehead atoms. The molecule has 0 fully saturated rings. The number of ketones is 1. The van der Waals surface area contributed by atoms with Gasteiger partial charge in [-0.25, -0.2) is 4.98 Å². The summed E-state index contributed by atoms with van der Waals surface area (Å²) < 4.78 is 0. The molecule has 6 nitrogen and oxygen atoms in total. The number of nitrogens with one attached hydrogen (secondary N) is 1. The molecule has 0 aliphatic heterocycles. The van der Waals surface area contributed by atoms with Gasteiger partial charge in [-0.05, 0) is 24.3 Å². The Kier molecular flexibility index (Phi) is 7.41. The highest BCUT2D eigenvalue weighted by Gasteiger charge is 2.25. The van der Waals surface area contributed by atoms with Crippen molar-refractivity contribution in [3.05, 3.63) is 60.2 Å². The highest BCUT2D eigenvalue weighted by atomic mass is 16.3. The molecule has 1 amide bonds. The molecule has 6 heteroatoms. The van der Waals surface area contributed by atoms with Gasteiger partial charge in [0.1, 0.15) is 11.9 Å². The minimum atomic E-state index is -0.924. The van der Waals surface area contributed by atoms with Crippen LogP contribution < -0.4 is 5.32 Å². The Labute approximate surface area is 153 Å². The zero-order valence-corrected chi connectivity index (χ0v) is 15.1. The van der Waals surface area contributed by atoms with E-state index in [1.165, 1.54) is 18.6 Å². The molecular weight excluding hydrogens is 330 g/mol. The van der Waals surface area contributed by atoms with Gasteiger partial charge in [-0.2, -0.15) is 0 Å². The van der Waals surface area contributed by atoms with Crippen LogP contribution >= 0.6 is 0 Å². The first-order chi connectivity index (χ1) is 12.5. The van der Waals surface area contributed by atoms with Crippen molar-refractivity contribution in [3.63, 3.8) is 0 Å². The van der Waals surface area contributed by atoms with Gasteiger partial charge >= 0.3 is 0 Å². The lowest BCUT2D eigenvalue weighted by atomic mass is 9.92. The molecule has 2 N–H and O–H groups in total. The molecular formula is C20H25N3O3. The molecule has 0 radical (unpaired) electrons. The van der Waals surface area contributed by atoms with Crippen molar-refractivity contribution in [2.45, 2.75) is 39.3 Å². The molecule has 0 saturated heterocycles. The Hall–Kier alpha value is -2.60. The summed E-state index contributed by atoms with van der Waals surface area (Å²) in [6.45, 7) is 3.93. The molecule has 0 aliphatic carbocycles. The number of amides is 1. The van der Waals surface area contributed by atoms with E-state index in [0.29, 0.717) is 12.8 Å². The van der Waals surface area contributed by atoms with Gasteiger partial charge in [0.25, 0.3) is 0 Å². The first-order valence-electron chi connectivity index (χ1n) is 8.77. The van der Waals surface area contributed by atoms with E-state index in [1.807, 2.05) is 44.2 Å². The number of aliphatic hydroxyl groups excluding tert-OH is 1. The van der Waals surface area contributed by atoms with Gasteiger partial charge in [-0.15, -0.1) is 0 Å². The van der Waals surface area contributed by atoms with Crippen LogP contribution in [-0.4, -0.2) is 33.0 Å². The number of nitrogens with zero attached hydrogens (tertiary/aromatic N) is 2. The van der Waals surface area contributed by atoms with Gasteiger partial charge in [0.05, 0.1) is 6.20 Å². The highest BCUT2D eigenvalue weighted by Crippen LogP contribution is 2.16. The molecule has 2 aromatic rings. The molecule has 2 atom stereocenters. The van der Waals surface area contributed by atoms with Gasteiger partial charge in [-0.3, -0.25) is 14.6 Å². The molecule has 0 spiro atoms. The molecule has 138 valence electrons. The molecule has 0 aliphatic rings. The minimum Gasteiger partial charge on any atom is -0.374 e. The lowest BCUT2D eigenvalue weighted by molar-refractivity contribution is -0.128. The number of carbonyl (C=O) groups excluding carboxylic acids is 2. The van der Waals surface area contributed by atoms with Crippen LogP contribution in [-0.2, 0) is 11.2 Å². The lowest BCUT2D eigenvalue weighted by Gasteiger charge is -2.20. The second kappa shape index (κ2) is 9.77. The number of aromatic nitrogens is 2. The number of Topliss-reactive ketones (excluding diaryl/α,β-unsaturated/α-hetero) is 1. The molecule has 1 heterocycles. The van der Waals surface area contributed by atoms with Crippen LogP contribution in [0.1, 0.15) is 42.7 Å². The Morgan fingerprint density at radius 2 is 1.88 bits per heavy atom. The Morgan fingerprint density at radius 3 is 2.50 bits per heavy atom. The summed E-state index contributed by atoms with van der Waals surface area (Å²) in [5, 5.41) is 12.6. The SMILES string of the molecule is CC(C)C[C@@H](O)NC(=O)[C@@H](CC(=O)c1cnccn1)Cc1ccccc1. The van der Waals surface area contributed by atoms with Gasteiger partial charge in [0.2, 0.25) is 5.91 Å². The van der Waals surface area contributed by atoms with Gasteiger partial charge in [-0.1, -0.05) is 44.2 Å². The largest absolute Gasteiger partial charge is 0.374 e. The van der Waals surface area contributed by atoms with Crippen LogP contribution in [0.15, 0.2) is 48.9 Å². The smallest absolute Gasteiger partial charge is 0.225 e. The van der Waals surface area contributed by atoms with Gasteiger partial charge < -0.3 is 10.4 Å². The van der Waals surface area contributed by atoms with E-state index >= 15 is 0 Å². The second-order valence-electron chi connectivity index (χ2n) is 6.76. The standard InChI is InChI=1S/C20H25N3O3/c1-14(2)10-19(25)23-20(26)16(11-15-6-4-3-5-7-15)12-18(24)17-13-21-8-9-22-17/h3-9,13-14,16,19,25H,10-12H2,1-2H3,(H,23,26)/t16-,19-/m1/s1. The van der Waals surface area contributed by atoms with Crippen molar-refractivity contribution in [3.8, 4) is 0 Å². The lowest BCUT2D eigenvalue weighted by Crippen LogP contribution is -2.41. The Morgan fingerprint density at radius 1 is 1.15 bits per heavy atom. The monoisotopic (exact) mass is 355 g/mol. The first kappa shape index (κ1) is 19.7. The maximum absolute atomic E-state index is 12.6. The number of hydrogen-bond acceptors (Lipinski definition) is 5. The second-order valence-corrected chi connectivity index (χ2v) is 6.76. The van der Waals surface area contributed by atoms with E-state index in [1.54, 1.807) is 0 Å². The van der Waals surface area contributed by atoms with Crippen molar-refractivity contribution in [2.75, 3.05) is 0 Å². The van der Waals surface area contributed by atoms with Crippen molar-refractivity contribution in [1.29, 1.82) is 0 Å². The summed E-state index contributed by atoms with van der Waals surface area (Å²) >= 11 is 0. The fourth-order valence-electron chi connectivity index (χ4n) is 2.72. The quantitative estimate of drug-likeness (QED) is 0.532. The maximum Gasteiger partial charge on any atom is 0.225 e. The van der Waals surface area contributed by atoms with Gasteiger partial charge in [0, 0.05) is 24.7 Å². The van der Waals surface area contributed by atoms with Crippen LogP contribution in [0.4, 0.5) is 0 Å². The average Bonchev–Trinajstić information content (AvgIpc) is 2.62. The van der Waals surface area contributed by atoms with Crippen LogP contribution in [0.25, 0.3) is 0 Å². The fraction of sp³-hybridized carbons (Fsp3) is 0.400. The average molecular weight is 355 g/mol. The topological polar surface area (TPSA) is 92.2 Å². The number of hydrogen-bond donors (Lipinski definition) is 2. The first-order valence-corrected chi connectivity index (χ1v) is 8.77. The summed E-state index contributed by atoms with van der Waals surface area (Å²) in [5.74, 6) is -0.917. The van der Waals surface area contributed by atoms with E-state index in [0.717, 1.165) is 5.56 Å². The predicted octanol–water partition coefficient (Wildman–Crippen LogP) is 2.39. The summed E-state index contributed by atoms with van der Waals surface area (Å²) in [6, 6.07) is 9.51. The van der Waals surface area contributed by atoms with Crippen molar-refractivity contribution in [2.24, 2.45) is 11.8 Å². The normalized spacial score (nSPS) is 13.2. The number of carbonyl (C=O) groups is 2. The van der Waals surface area contributed by atoms with Gasteiger partial charge in [0.15, 0.2) is 5.78 Å². The molecule has 0 unspecified atom stereocenters. The maximum atomic E-state index is 12.6. The molecule has 1 aromatic heterocycles. The summed E-state index contributed by atoms with van der Waals surface area (Å²) in [5.41, 5.74) is 1.19. The van der Waals surface area contributed by atoms with E-state index in [-0.39, 0.29) is 29.7 Å². The fourth-order valence-corrected chi connectivity index (χ4v) is 2.72. The van der Waals surface area contributed by atoms with Crippen LogP contribution in [0.3, 0.4) is 0 Å². The minimum absolute atomic E-state index is 0.00776. The van der Waals surface area contributed by atoms with Crippen LogP contribution in [0.2, 0.25) is 0 Å². The summed E-state index contributed by atoms with van der Waals surface area (Å²) in [6.07, 6.45) is 4.29. The highest BCUT2D eigenvalue weighted by molar-refractivity contribution is 5.96. The Bertz CT molecular complexity index is 705. The third-order valence-electron chi connectivity index (χ3n) is 3.98. The van der Waals surface area contributed by atoms with Crippen LogP contribution in [0.5, 0.6) is 0 Å². The molecule has 2 rings (SSSR count). The zero-order valence-electron chi connectivity index (χ0n) is 15.1. The van der Waals surface area contributed by atoms with E-state index in [2.05, 4.69) is 15.3 Å². The third-order valence-corrected chi connectivity index (χ3v) is 3.98. The summed E-state index contributed by atoms with van der Waals surface area (Å²) in [4.78, 5) is 33.0. The molecule has 26 heavy (non-hydrogen) atoms. The third kappa shape index (κ3) is 6.37. The molecule has 0 saturated carbocycles. The molecule has 1 aromatic carbocycles. The predicted molar refractivity (Wildman–Crippen MR) is 98.2 cm³/mol. The zero-order chi connectivity index (χ0) is 18.9.